The van der Waals surface area contributed by atoms with Crippen LogP contribution < -0.4 is 0 Å². The summed E-state index contributed by atoms with van der Waals surface area (Å²) in [6, 6.07) is 10.1. The number of benzene rings is 1. The molecule has 0 saturated carbocycles. The number of Topliss-reactive ketones (excluding diaryl/α,β-unsaturated/α-hetero) is 1. The van der Waals surface area contributed by atoms with E-state index in [-0.39, 0.29) is 17.1 Å². The number of thioether (sulfide) groups is 1. The minimum absolute atomic E-state index is 0.0629. The highest BCUT2D eigenvalue weighted by atomic mass is 32.2. The second kappa shape index (κ2) is 4.20. The molecule has 2 aliphatic rings. The highest BCUT2D eigenvalue weighted by Crippen LogP contribution is 2.36. The number of carbonyl (C=O) groups is 1. The summed E-state index contributed by atoms with van der Waals surface area (Å²) in [6.45, 7) is 0.543. The third-order valence-electron chi connectivity index (χ3n) is 2.82. The molecule has 4 heteroatoms. The molecule has 0 aromatic heterocycles. The van der Waals surface area contributed by atoms with Crippen LogP contribution in [-0.2, 0) is 14.3 Å². The number of rotatable bonds is 2. The van der Waals surface area contributed by atoms with E-state index in [0.29, 0.717) is 13.0 Å². The summed E-state index contributed by atoms with van der Waals surface area (Å²) in [7, 11) is 0. The summed E-state index contributed by atoms with van der Waals surface area (Å²) < 4.78 is 10.8. The van der Waals surface area contributed by atoms with E-state index >= 15 is 0 Å². The second-order valence-corrected chi connectivity index (χ2v) is 5.29. The maximum absolute atomic E-state index is 11.6. The Morgan fingerprint density at radius 2 is 2.06 bits per heavy atom. The summed E-state index contributed by atoms with van der Waals surface area (Å²) in [5.74, 6) is 0.0715. The van der Waals surface area contributed by atoms with Crippen LogP contribution in [0.15, 0.2) is 35.2 Å². The van der Waals surface area contributed by atoms with E-state index in [4.69, 9.17) is 9.47 Å². The van der Waals surface area contributed by atoms with Gasteiger partial charge in [-0.2, -0.15) is 0 Å². The molecule has 0 N–H and O–H groups in total. The first-order chi connectivity index (χ1) is 7.83. The van der Waals surface area contributed by atoms with Crippen molar-refractivity contribution in [3.05, 3.63) is 30.3 Å². The van der Waals surface area contributed by atoms with Gasteiger partial charge in [-0.25, -0.2) is 0 Å². The van der Waals surface area contributed by atoms with Crippen molar-refractivity contribution in [3.8, 4) is 0 Å². The molecule has 16 heavy (non-hydrogen) atoms. The van der Waals surface area contributed by atoms with Gasteiger partial charge in [-0.3, -0.25) is 4.79 Å². The van der Waals surface area contributed by atoms with Crippen molar-refractivity contribution in [3.63, 3.8) is 0 Å². The molecule has 0 aliphatic carbocycles. The number of ketones is 1. The minimum Gasteiger partial charge on any atom is -0.343 e. The monoisotopic (exact) mass is 236 g/mol. The fourth-order valence-electron chi connectivity index (χ4n) is 2.00. The molecule has 2 bridgehead atoms. The summed E-state index contributed by atoms with van der Waals surface area (Å²) in [5, 5.41) is 0.189. The number of fused-ring (bicyclic) bond motifs is 2. The van der Waals surface area contributed by atoms with Crippen molar-refractivity contribution in [1.82, 2.24) is 0 Å². The molecule has 2 saturated heterocycles. The maximum atomic E-state index is 11.6. The van der Waals surface area contributed by atoms with Crippen molar-refractivity contribution in [2.24, 2.45) is 0 Å². The zero-order chi connectivity index (χ0) is 11.0. The fourth-order valence-corrected chi connectivity index (χ4v) is 3.21. The largest absolute Gasteiger partial charge is 0.343 e. The van der Waals surface area contributed by atoms with Gasteiger partial charge in [0, 0.05) is 16.6 Å². The third-order valence-corrected chi connectivity index (χ3v) is 4.14. The molecule has 0 amide bonds. The van der Waals surface area contributed by atoms with Gasteiger partial charge in [0.1, 0.15) is 0 Å². The van der Waals surface area contributed by atoms with E-state index in [0.717, 1.165) is 0 Å². The van der Waals surface area contributed by atoms with Gasteiger partial charge in [0.15, 0.2) is 5.78 Å². The van der Waals surface area contributed by atoms with Crippen LogP contribution in [0.4, 0.5) is 0 Å². The average molecular weight is 236 g/mol. The van der Waals surface area contributed by atoms with E-state index in [1.54, 1.807) is 11.8 Å². The molecule has 0 spiro atoms. The number of ether oxygens (including phenoxy) is 2. The van der Waals surface area contributed by atoms with Crippen molar-refractivity contribution >= 4 is 17.5 Å². The first kappa shape index (κ1) is 10.3. The Kier molecular flexibility index (Phi) is 2.71. The molecule has 84 valence electrons. The Morgan fingerprint density at radius 1 is 1.25 bits per heavy atom. The molecule has 3 atom stereocenters. The summed E-state index contributed by atoms with van der Waals surface area (Å²) in [4.78, 5) is 12.8. The van der Waals surface area contributed by atoms with E-state index in [2.05, 4.69) is 12.1 Å². The van der Waals surface area contributed by atoms with Crippen LogP contribution >= 0.6 is 11.8 Å². The van der Waals surface area contributed by atoms with E-state index in [1.165, 1.54) is 4.90 Å². The van der Waals surface area contributed by atoms with Gasteiger partial charge in [0.25, 0.3) is 0 Å². The Bertz CT molecular complexity index is 393. The predicted molar refractivity (Wildman–Crippen MR) is 60.3 cm³/mol. The highest BCUT2D eigenvalue weighted by molar-refractivity contribution is 8.00. The Hall–Kier alpha value is -0.840. The van der Waals surface area contributed by atoms with Gasteiger partial charge in [-0.1, -0.05) is 18.2 Å². The van der Waals surface area contributed by atoms with Gasteiger partial charge in [0.05, 0.1) is 12.7 Å². The first-order valence-electron chi connectivity index (χ1n) is 5.34. The topological polar surface area (TPSA) is 35.5 Å². The molecule has 1 aromatic rings. The van der Waals surface area contributed by atoms with Gasteiger partial charge in [0.2, 0.25) is 6.29 Å². The average Bonchev–Trinajstić information content (AvgIpc) is 2.73. The lowest BCUT2D eigenvalue weighted by Gasteiger charge is -2.25. The van der Waals surface area contributed by atoms with Crippen LogP contribution in [0.2, 0.25) is 0 Å². The predicted octanol–water partition coefficient (Wildman–Crippen LogP) is 1.86. The van der Waals surface area contributed by atoms with Crippen molar-refractivity contribution in [2.75, 3.05) is 6.61 Å². The van der Waals surface area contributed by atoms with Crippen molar-refractivity contribution < 1.29 is 14.3 Å². The minimum atomic E-state index is -0.586. The lowest BCUT2D eigenvalue weighted by Crippen LogP contribution is -2.37. The molecular weight excluding hydrogens is 224 g/mol. The zero-order valence-corrected chi connectivity index (χ0v) is 9.48. The summed E-state index contributed by atoms with van der Waals surface area (Å²) >= 11 is 1.70. The van der Waals surface area contributed by atoms with Crippen molar-refractivity contribution in [2.45, 2.75) is 29.0 Å². The Labute approximate surface area is 98.1 Å². The summed E-state index contributed by atoms with van der Waals surface area (Å²) in [6.07, 6.45) is 0.0278. The molecule has 3 nitrogen and oxygen atoms in total. The zero-order valence-electron chi connectivity index (χ0n) is 8.67. The lowest BCUT2D eigenvalue weighted by molar-refractivity contribution is -0.151. The maximum Gasteiger partial charge on any atom is 0.218 e. The van der Waals surface area contributed by atoms with Crippen LogP contribution in [0.3, 0.4) is 0 Å². The molecule has 2 heterocycles. The Balaban J connectivity index is 1.73. The van der Waals surface area contributed by atoms with Crippen LogP contribution in [-0.4, -0.2) is 30.0 Å². The van der Waals surface area contributed by atoms with E-state index < -0.39 is 6.29 Å². The van der Waals surface area contributed by atoms with Crippen LogP contribution in [0.1, 0.15) is 6.42 Å². The highest BCUT2D eigenvalue weighted by Gasteiger charge is 2.43. The molecule has 2 fully saturated rings. The normalized spacial score (nSPS) is 33.0. The van der Waals surface area contributed by atoms with E-state index in [1.807, 2.05) is 18.2 Å². The van der Waals surface area contributed by atoms with Crippen LogP contribution in [0.25, 0.3) is 0 Å². The van der Waals surface area contributed by atoms with Crippen molar-refractivity contribution in [1.29, 1.82) is 0 Å². The SMILES string of the molecule is O=C1C[C@@H](Sc2ccccc2)[C@@H]2CO[C@@H]1O2. The molecule has 1 aromatic carbocycles. The molecule has 0 unspecified atom stereocenters. The molecular formula is C12H12O3S. The fraction of sp³-hybridized carbons (Fsp3) is 0.417. The number of hydrogen-bond acceptors (Lipinski definition) is 4. The smallest absolute Gasteiger partial charge is 0.218 e. The second-order valence-electron chi connectivity index (χ2n) is 3.98. The lowest BCUT2D eigenvalue weighted by atomic mass is 10.1. The number of carbonyl (C=O) groups excluding carboxylic acids is 1. The van der Waals surface area contributed by atoms with Gasteiger partial charge >= 0.3 is 0 Å². The quantitative estimate of drug-likeness (QED) is 0.785. The molecule has 0 radical (unpaired) electrons. The van der Waals surface area contributed by atoms with Gasteiger partial charge in [-0.05, 0) is 12.1 Å². The van der Waals surface area contributed by atoms with Gasteiger partial charge in [-0.15, -0.1) is 11.8 Å². The third kappa shape index (κ3) is 1.88. The number of hydrogen-bond donors (Lipinski definition) is 0. The van der Waals surface area contributed by atoms with E-state index in [9.17, 15) is 4.79 Å². The standard InChI is InChI=1S/C12H12O3S/c13-9-6-11(10-7-14-12(9)15-10)16-8-4-2-1-3-5-8/h1-5,10-12H,6-7H2/t10-,11+,12+/m0/s1. The first-order valence-corrected chi connectivity index (χ1v) is 6.22. The molecule has 2 aliphatic heterocycles. The summed E-state index contributed by atoms with van der Waals surface area (Å²) in [5.41, 5.74) is 0. The van der Waals surface area contributed by atoms with Crippen LogP contribution in [0.5, 0.6) is 0 Å². The van der Waals surface area contributed by atoms with Gasteiger partial charge < -0.3 is 9.47 Å². The van der Waals surface area contributed by atoms with Crippen LogP contribution in [0, 0.1) is 0 Å². The Morgan fingerprint density at radius 3 is 2.88 bits per heavy atom. The molecule has 3 rings (SSSR count).